The number of carbonyl (C=O) groups excluding carboxylic acids is 1. The Morgan fingerprint density at radius 1 is 0.933 bits per heavy atom. The number of nitrogens with one attached hydrogen (secondary N) is 1. The molecule has 0 unspecified atom stereocenters. The highest BCUT2D eigenvalue weighted by Gasteiger charge is 2.24. The molecule has 1 N–H and O–H groups in total. The van der Waals surface area contributed by atoms with Crippen molar-refractivity contribution in [3.05, 3.63) is 106 Å². The monoisotopic (exact) mass is 460 g/mol. The molecule has 1 atom stereocenters. The standard InChI is InChI=1S/C25H21BrN2O2/c1-30-25(29)22(16-20-19-14-8-9-15-21(19)28-24(20)26)27-23(17-10-4-2-5-11-17)18-12-6-3-7-13-18/h2-15,22,28H,16H2,1H3/t22-/m0/s1. The largest absolute Gasteiger partial charge is 0.467 e. The number of nitrogens with zero attached hydrogens (tertiary/aromatic N) is 1. The van der Waals surface area contributed by atoms with Gasteiger partial charge in [-0.3, -0.25) is 4.99 Å². The minimum absolute atomic E-state index is 0.364. The van der Waals surface area contributed by atoms with Gasteiger partial charge >= 0.3 is 5.97 Å². The third-order valence-corrected chi connectivity index (χ3v) is 5.69. The Labute approximate surface area is 183 Å². The van der Waals surface area contributed by atoms with Crippen LogP contribution in [0.1, 0.15) is 16.7 Å². The van der Waals surface area contributed by atoms with E-state index in [2.05, 4.69) is 20.9 Å². The lowest BCUT2D eigenvalue weighted by Crippen LogP contribution is -2.25. The number of para-hydroxylation sites is 1. The number of aromatic amines is 1. The van der Waals surface area contributed by atoms with E-state index < -0.39 is 6.04 Å². The maximum atomic E-state index is 12.7. The van der Waals surface area contributed by atoms with Crippen LogP contribution in [-0.4, -0.2) is 29.8 Å². The van der Waals surface area contributed by atoms with E-state index in [0.29, 0.717) is 6.42 Å². The number of H-pyrrole nitrogens is 1. The molecule has 4 rings (SSSR count). The van der Waals surface area contributed by atoms with Crippen molar-refractivity contribution in [2.24, 2.45) is 4.99 Å². The molecule has 0 amide bonds. The molecule has 0 fully saturated rings. The summed E-state index contributed by atoms with van der Waals surface area (Å²) in [6.45, 7) is 0. The highest BCUT2D eigenvalue weighted by Crippen LogP contribution is 2.28. The second kappa shape index (κ2) is 9.09. The molecule has 150 valence electrons. The second-order valence-corrected chi connectivity index (χ2v) is 7.71. The maximum absolute atomic E-state index is 12.7. The zero-order chi connectivity index (χ0) is 20.9. The number of hydrogen-bond acceptors (Lipinski definition) is 3. The van der Waals surface area contributed by atoms with Gasteiger partial charge in [-0.15, -0.1) is 0 Å². The summed E-state index contributed by atoms with van der Waals surface area (Å²) in [6, 6.07) is 27.2. The van der Waals surface area contributed by atoms with Crippen molar-refractivity contribution in [3.63, 3.8) is 0 Å². The first kappa shape index (κ1) is 20.1. The number of fused-ring (bicyclic) bond motifs is 1. The fourth-order valence-corrected chi connectivity index (χ4v) is 4.13. The minimum Gasteiger partial charge on any atom is -0.467 e. The van der Waals surface area contributed by atoms with E-state index in [1.807, 2.05) is 84.9 Å². The van der Waals surface area contributed by atoms with Gasteiger partial charge in [0.25, 0.3) is 0 Å². The number of carbonyl (C=O) groups is 1. The Kier molecular flexibility index (Phi) is 6.10. The van der Waals surface area contributed by atoms with Gasteiger partial charge in [-0.05, 0) is 27.6 Å². The van der Waals surface area contributed by atoms with Crippen LogP contribution in [-0.2, 0) is 16.0 Å². The van der Waals surface area contributed by atoms with E-state index in [1.165, 1.54) is 7.11 Å². The average molecular weight is 461 g/mol. The number of ether oxygens (including phenoxy) is 1. The first-order valence-corrected chi connectivity index (χ1v) is 10.5. The number of esters is 1. The number of rotatable bonds is 6. The summed E-state index contributed by atoms with van der Waals surface area (Å²) >= 11 is 3.61. The molecule has 0 radical (unpaired) electrons. The van der Waals surface area contributed by atoms with E-state index in [0.717, 1.165) is 37.9 Å². The SMILES string of the molecule is COC(=O)[C@H](Cc1c(Br)[nH]c2ccccc12)N=C(c1ccccc1)c1ccccc1. The van der Waals surface area contributed by atoms with Gasteiger partial charge in [0.15, 0.2) is 6.04 Å². The summed E-state index contributed by atoms with van der Waals surface area (Å²) in [5.41, 5.74) is 4.69. The molecular weight excluding hydrogens is 440 g/mol. The fourth-order valence-electron chi connectivity index (χ4n) is 3.54. The van der Waals surface area contributed by atoms with Crippen molar-refractivity contribution >= 4 is 38.5 Å². The van der Waals surface area contributed by atoms with Crippen LogP contribution in [0.25, 0.3) is 10.9 Å². The number of hydrogen-bond donors (Lipinski definition) is 1. The number of benzene rings is 3. The summed E-state index contributed by atoms with van der Waals surface area (Å²) in [6.07, 6.45) is 0.417. The Morgan fingerprint density at radius 2 is 1.50 bits per heavy atom. The normalized spacial score (nSPS) is 11.8. The lowest BCUT2D eigenvalue weighted by Gasteiger charge is -2.15. The molecule has 3 aromatic carbocycles. The van der Waals surface area contributed by atoms with Gasteiger partial charge in [0.2, 0.25) is 0 Å². The number of aromatic nitrogens is 1. The second-order valence-electron chi connectivity index (χ2n) is 6.92. The molecule has 0 aliphatic rings. The third kappa shape index (κ3) is 4.21. The van der Waals surface area contributed by atoms with Gasteiger partial charge in [-0.1, -0.05) is 78.9 Å². The van der Waals surface area contributed by atoms with Crippen LogP contribution in [0.5, 0.6) is 0 Å². The molecule has 0 aliphatic heterocycles. The average Bonchev–Trinajstić information content (AvgIpc) is 3.12. The van der Waals surface area contributed by atoms with Crippen molar-refractivity contribution in [2.75, 3.05) is 7.11 Å². The maximum Gasteiger partial charge on any atom is 0.330 e. The van der Waals surface area contributed by atoms with Crippen molar-refractivity contribution < 1.29 is 9.53 Å². The Hall–Kier alpha value is -3.18. The first-order valence-electron chi connectivity index (χ1n) is 9.69. The number of halogens is 1. The molecule has 1 aromatic heterocycles. The van der Waals surface area contributed by atoms with Gasteiger partial charge in [0, 0.05) is 28.5 Å². The fraction of sp³-hybridized carbons (Fsp3) is 0.120. The highest BCUT2D eigenvalue weighted by atomic mass is 79.9. The molecule has 0 bridgehead atoms. The molecule has 0 spiro atoms. The van der Waals surface area contributed by atoms with Gasteiger partial charge < -0.3 is 9.72 Å². The summed E-state index contributed by atoms with van der Waals surface area (Å²) in [5, 5.41) is 1.06. The summed E-state index contributed by atoms with van der Waals surface area (Å²) in [5.74, 6) is -0.364. The van der Waals surface area contributed by atoms with E-state index in [-0.39, 0.29) is 5.97 Å². The summed E-state index contributed by atoms with van der Waals surface area (Å²) in [4.78, 5) is 21.0. The smallest absolute Gasteiger partial charge is 0.330 e. The zero-order valence-electron chi connectivity index (χ0n) is 16.5. The predicted molar refractivity (Wildman–Crippen MR) is 124 cm³/mol. The Bertz CT molecular complexity index is 1140. The molecule has 4 aromatic rings. The third-order valence-electron chi connectivity index (χ3n) is 5.01. The van der Waals surface area contributed by atoms with Crippen molar-refractivity contribution in [2.45, 2.75) is 12.5 Å². The van der Waals surface area contributed by atoms with Crippen molar-refractivity contribution in [1.82, 2.24) is 4.98 Å². The van der Waals surface area contributed by atoms with Crippen LogP contribution in [0, 0.1) is 0 Å². The summed E-state index contributed by atoms with van der Waals surface area (Å²) < 4.78 is 5.97. The van der Waals surface area contributed by atoms with Gasteiger partial charge in [-0.25, -0.2) is 4.79 Å². The lowest BCUT2D eigenvalue weighted by molar-refractivity contribution is -0.142. The van der Waals surface area contributed by atoms with Crippen LogP contribution in [0.15, 0.2) is 94.5 Å². The highest BCUT2D eigenvalue weighted by molar-refractivity contribution is 9.10. The van der Waals surface area contributed by atoms with E-state index in [1.54, 1.807) is 0 Å². The van der Waals surface area contributed by atoms with Crippen LogP contribution >= 0.6 is 15.9 Å². The molecule has 5 heteroatoms. The van der Waals surface area contributed by atoms with Crippen LogP contribution < -0.4 is 0 Å². The van der Waals surface area contributed by atoms with E-state index >= 15 is 0 Å². The van der Waals surface area contributed by atoms with Crippen molar-refractivity contribution in [1.29, 1.82) is 0 Å². The van der Waals surface area contributed by atoms with E-state index in [4.69, 9.17) is 9.73 Å². The molecule has 0 saturated carbocycles. The van der Waals surface area contributed by atoms with Gasteiger partial charge in [-0.2, -0.15) is 0 Å². The molecule has 30 heavy (non-hydrogen) atoms. The summed E-state index contributed by atoms with van der Waals surface area (Å²) in [7, 11) is 1.40. The lowest BCUT2D eigenvalue weighted by atomic mass is 10.0. The molecule has 0 aliphatic carbocycles. The molecular formula is C25H21BrN2O2. The van der Waals surface area contributed by atoms with Crippen molar-refractivity contribution in [3.8, 4) is 0 Å². The van der Waals surface area contributed by atoms with E-state index in [9.17, 15) is 4.79 Å². The minimum atomic E-state index is -0.680. The zero-order valence-corrected chi connectivity index (χ0v) is 18.1. The first-order chi connectivity index (χ1) is 14.7. The topological polar surface area (TPSA) is 54.5 Å². The van der Waals surface area contributed by atoms with Gasteiger partial charge in [0.05, 0.1) is 17.4 Å². The molecule has 1 heterocycles. The Morgan fingerprint density at radius 3 is 2.10 bits per heavy atom. The number of methoxy groups -OCH3 is 1. The quantitative estimate of drug-likeness (QED) is 0.302. The Balaban J connectivity index is 1.81. The van der Waals surface area contributed by atoms with Gasteiger partial charge in [0.1, 0.15) is 0 Å². The molecule has 0 saturated heterocycles. The number of aliphatic imine (C=N–C) groups is 1. The van der Waals surface area contributed by atoms with Crippen LogP contribution in [0.4, 0.5) is 0 Å². The molecule has 4 nitrogen and oxygen atoms in total. The predicted octanol–water partition coefficient (Wildman–Crippen LogP) is 5.55. The van der Waals surface area contributed by atoms with Crippen LogP contribution in [0.3, 0.4) is 0 Å². The van der Waals surface area contributed by atoms with Crippen LogP contribution in [0.2, 0.25) is 0 Å².